The lowest BCUT2D eigenvalue weighted by molar-refractivity contribution is -0.870. The highest BCUT2D eigenvalue weighted by Gasteiger charge is 2.25. The first-order chi connectivity index (χ1) is 41.6. The Morgan fingerprint density at radius 3 is 1.00 bits per heavy atom. The van der Waals surface area contributed by atoms with Gasteiger partial charge in [0, 0.05) is 12.8 Å². The summed E-state index contributed by atoms with van der Waals surface area (Å²) < 4.78 is 23.0. The van der Waals surface area contributed by atoms with E-state index in [-0.39, 0.29) is 32.2 Å². The van der Waals surface area contributed by atoms with Crippen molar-refractivity contribution in [2.24, 2.45) is 0 Å². The molecule has 9 nitrogen and oxygen atoms in total. The lowest BCUT2D eigenvalue weighted by atomic mass is 10.0. The van der Waals surface area contributed by atoms with Gasteiger partial charge in [-0.15, -0.1) is 0 Å². The largest absolute Gasteiger partial charge is 0.477 e. The van der Waals surface area contributed by atoms with Gasteiger partial charge in [-0.05, 0) is 77.0 Å². The predicted molar refractivity (Wildman–Crippen MR) is 364 cm³/mol. The summed E-state index contributed by atoms with van der Waals surface area (Å²) in [6, 6.07) is 0. The first-order valence-electron chi connectivity index (χ1n) is 35.4. The summed E-state index contributed by atoms with van der Waals surface area (Å²) in [7, 11) is 5.98. The highest BCUT2D eigenvalue weighted by Crippen LogP contribution is 2.18. The molecule has 490 valence electrons. The molecule has 2 unspecified atom stereocenters. The molecule has 0 aliphatic rings. The summed E-state index contributed by atoms with van der Waals surface area (Å²) >= 11 is 0. The van der Waals surface area contributed by atoms with Crippen LogP contribution < -0.4 is 0 Å². The molecule has 9 heteroatoms. The fourth-order valence-corrected chi connectivity index (χ4v) is 9.97. The normalized spacial score (nSPS) is 13.3. The molecule has 0 heterocycles. The highest BCUT2D eigenvalue weighted by atomic mass is 16.7. The first-order valence-corrected chi connectivity index (χ1v) is 35.4. The molecular formula is C76H134NO8+. The fraction of sp³-hybridized carbons (Fsp3) is 0.750. The number of carboxylic acid groups (broad SMARTS) is 1. The minimum Gasteiger partial charge on any atom is -0.477 e. The number of likely N-dealkylation sites (N-methyl/N-ethyl adjacent to an activating group) is 1. The van der Waals surface area contributed by atoms with Gasteiger partial charge in [-0.25, -0.2) is 4.79 Å². The molecule has 85 heavy (non-hydrogen) atoms. The number of rotatable bonds is 65. The van der Waals surface area contributed by atoms with Gasteiger partial charge in [-0.1, -0.05) is 317 Å². The summed E-state index contributed by atoms with van der Waals surface area (Å²) in [6.45, 7) is 4.80. The second-order valence-corrected chi connectivity index (χ2v) is 24.8. The standard InChI is InChI=1S/C76H133NO8/c1-6-8-10-12-14-16-18-20-22-24-26-28-29-30-31-32-33-34-35-36-37-38-39-40-41-42-43-44-45-47-49-51-53-55-57-59-61-63-65-67-74(79)85-72(71-84-76(75(80)81)82-69-68-77(3,4)5)70-83-73(78)66-64-62-60-58-56-54-52-50-48-46-27-25-23-21-19-17-15-13-11-9-7-2/h8,10,14,16,20,22,26,28,30-31,33-34,36-37,39-40,72,76H,6-7,9,11-13,15,17-19,21,23-25,27,29,32,35,38,41-71H2,1-5H3/p+1/b10-8-,16-14-,22-20-,28-26-,31-30-,34-33-,37-36-,40-39-. The lowest BCUT2D eigenvalue weighted by Gasteiger charge is -2.25. The third kappa shape index (κ3) is 67.6. The van der Waals surface area contributed by atoms with Crippen LogP contribution >= 0.6 is 0 Å². The van der Waals surface area contributed by atoms with E-state index in [4.69, 9.17) is 18.9 Å². The number of hydrogen-bond acceptors (Lipinski definition) is 7. The Bertz CT molecular complexity index is 1720. The van der Waals surface area contributed by atoms with Crippen LogP contribution in [0, 0.1) is 0 Å². The summed E-state index contributed by atoms with van der Waals surface area (Å²) in [6.07, 6.45) is 88.0. The number of allylic oxidation sites excluding steroid dienone is 16. The van der Waals surface area contributed by atoms with E-state index in [0.29, 0.717) is 17.4 Å². The maximum Gasteiger partial charge on any atom is 0.361 e. The van der Waals surface area contributed by atoms with E-state index in [0.717, 1.165) is 89.9 Å². The van der Waals surface area contributed by atoms with Crippen LogP contribution in [0.3, 0.4) is 0 Å². The van der Waals surface area contributed by atoms with Gasteiger partial charge in [-0.3, -0.25) is 9.59 Å². The van der Waals surface area contributed by atoms with Crippen LogP contribution in [0.25, 0.3) is 0 Å². The summed E-state index contributed by atoms with van der Waals surface area (Å²) in [5.74, 6) is -1.99. The van der Waals surface area contributed by atoms with Gasteiger partial charge in [0.2, 0.25) is 0 Å². The van der Waals surface area contributed by atoms with Gasteiger partial charge >= 0.3 is 17.9 Å². The average Bonchev–Trinajstić information content (AvgIpc) is 3.49. The summed E-state index contributed by atoms with van der Waals surface area (Å²) in [5, 5.41) is 9.74. The zero-order valence-electron chi connectivity index (χ0n) is 56.0. The third-order valence-electron chi connectivity index (χ3n) is 15.4. The molecule has 0 rings (SSSR count). The maximum absolute atomic E-state index is 12.9. The quantitative estimate of drug-likeness (QED) is 0.0211. The molecule has 1 N–H and O–H groups in total. The van der Waals surface area contributed by atoms with Crippen LogP contribution in [-0.2, 0) is 33.3 Å². The second kappa shape index (κ2) is 66.2. The van der Waals surface area contributed by atoms with Crippen molar-refractivity contribution in [3.63, 3.8) is 0 Å². The SMILES string of the molecule is CC/C=C\C/C=C\C/C=C\C/C=C\C/C=C\C/C=C\C/C=C\C/C=C\CCCCCCCCCCCCCCCCC(=O)OC(COC(=O)CCCCCCCCCCCCCCCCCCCCCCC)COC(OCC[N+](C)(C)C)C(=O)O. The molecule has 0 spiro atoms. The van der Waals surface area contributed by atoms with Crippen molar-refractivity contribution in [3.8, 4) is 0 Å². The zero-order chi connectivity index (χ0) is 61.9. The van der Waals surface area contributed by atoms with E-state index in [1.807, 2.05) is 21.1 Å². The lowest BCUT2D eigenvalue weighted by Crippen LogP contribution is -2.40. The van der Waals surface area contributed by atoms with E-state index in [9.17, 15) is 19.5 Å². The number of unbranched alkanes of at least 4 members (excludes halogenated alkanes) is 34. The van der Waals surface area contributed by atoms with Gasteiger partial charge < -0.3 is 28.5 Å². The average molecular weight is 1190 g/mol. The number of esters is 2. The topological polar surface area (TPSA) is 108 Å². The third-order valence-corrected chi connectivity index (χ3v) is 15.4. The van der Waals surface area contributed by atoms with Crippen LogP contribution in [0.4, 0.5) is 0 Å². The molecular weight excluding hydrogens is 1050 g/mol. The number of carboxylic acids is 1. The Hall–Kier alpha value is -3.79. The second-order valence-electron chi connectivity index (χ2n) is 24.8. The molecule has 0 aromatic heterocycles. The Balaban J connectivity index is 4.08. The van der Waals surface area contributed by atoms with Gasteiger partial charge in [0.05, 0.1) is 34.4 Å². The Morgan fingerprint density at radius 2 is 0.671 bits per heavy atom. The van der Waals surface area contributed by atoms with Crippen LogP contribution in [0.2, 0.25) is 0 Å². The van der Waals surface area contributed by atoms with Crippen molar-refractivity contribution >= 4 is 17.9 Å². The molecule has 0 bridgehead atoms. The molecule has 0 radical (unpaired) electrons. The van der Waals surface area contributed by atoms with Crippen molar-refractivity contribution in [2.75, 3.05) is 47.5 Å². The summed E-state index contributed by atoms with van der Waals surface area (Å²) in [4.78, 5) is 37.6. The maximum atomic E-state index is 12.9. The minimum atomic E-state index is -1.51. The monoisotopic (exact) mass is 1190 g/mol. The smallest absolute Gasteiger partial charge is 0.361 e. The zero-order valence-corrected chi connectivity index (χ0v) is 56.0. The fourth-order valence-electron chi connectivity index (χ4n) is 9.97. The molecule has 0 aliphatic carbocycles. The van der Waals surface area contributed by atoms with E-state index in [1.54, 1.807) is 0 Å². The van der Waals surface area contributed by atoms with Crippen molar-refractivity contribution < 1.29 is 42.9 Å². The van der Waals surface area contributed by atoms with Gasteiger partial charge in [0.15, 0.2) is 6.10 Å². The molecule has 2 atom stereocenters. The van der Waals surface area contributed by atoms with E-state index in [2.05, 4.69) is 111 Å². The number of quaternary nitrogens is 1. The van der Waals surface area contributed by atoms with E-state index >= 15 is 0 Å². The van der Waals surface area contributed by atoms with Gasteiger partial charge in [0.25, 0.3) is 6.29 Å². The Kier molecular flexibility index (Phi) is 63.2. The van der Waals surface area contributed by atoms with Gasteiger partial charge in [0.1, 0.15) is 13.2 Å². The molecule has 0 amide bonds. The van der Waals surface area contributed by atoms with Crippen molar-refractivity contribution in [2.45, 2.75) is 322 Å². The van der Waals surface area contributed by atoms with Crippen molar-refractivity contribution in [1.82, 2.24) is 0 Å². The van der Waals surface area contributed by atoms with Gasteiger partial charge in [-0.2, -0.15) is 0 Å². The first kappa shape index (κ1) is 81.2. The number of nitrogens with zero attached hydrogens (tertiary/aromatic N) is 1. The minimum absolute atomic E-state index is 0.181. The van der Waals surface area contributed by atoms with Crippen molar-refractivity contribution in [3.05, 3.63) is 97.2 Å². The molecule has 0 aromatic carbocycles. The molecule has 0 saturated carbocycles. The van der Waals surface area contributed by atoms with Crippen LogP contribution in [0.5, 0.6) is 0 Å². The summed E-state index contributed by atoms with van der Waals surface area (Å²) in [5.41, 5.74) is 0. The number of hydrogen-bond donors (Lipinski definition) is 1. The molecule has 0 fully saturated rings. The van der Waals surface area contributed by atoms with Crippen molar-refractivity contribution in [1.29, 1.82) is 0 Å². The number of aliphatic carboxylic acids is 1. The highest BCUT2D eigenvalue weighted by molar-refractivity contribution is 5.71. The molecule has 0 aliphatic heterocycles. The van der Waals surface area contributed by atoms with E-state index < -0.39 is 24.3 Å². The number of carbonyl (C=O) groups is 3. The predicted octanol–water partition coefficient (Wildman–Crippen LogP) is 22.0. The van der Waals surface area contributed by atoms with E-state index in [1.165, 1.54) is 193 Å². The number of carbonyl (C=O) groups excluding carboxylic acids is 2. The van der Waals surface area contributed by atoms with Crippen LogP contribution in [-0.4, -0.2) is 87.4 Å². The van der Waals surface area contributed by atoms with Crippen LogP contribution in [0.1, 0.15) is 309 Å². The molecule has 0 aromatic rings. The Morgan fingerprint density at radius 1 is 0.365 bits per heavy atom. The Labute approximate surface area is 524 Å². The van der Waals surface area contributed by atoms with Crippen LogP contribution in [0.15, 0.2) is 97.2 Å². The molecule has 0 saturated heterocycles. The number of ether oxygens (including phenoxy) is 4.